The van der Waals surface area contributed by atoms with Crippen molar-refractivity contribution in [1.29, 1.82) is 0 Å². The largest absolute Gasteiger partial charge is 0.493 e. The van der Waals surface area contributed by atoms with E-state index >= 15 is 0 Å². The zero-order valence-corrected chi connectivity index (χ0v) is 17.7. The Kier molecular flexibility index (Phi) is 6.57. The lowest BCUT2D eigenvalue weighted by molar-refractivity contribution is 0.278. The number of fused-ring (bicyclic) bond motifs is 2. The number of nitrogens with zero attached hydrogens (tertiary/aromatic N) is 1. The van der Waals surface area contributed by atoms with Gasteiger partial charge in [0.25, 0.3) is 0 Å². The van der Waals surface area contributed by atoms with Crippen LogP contribution in [0.25, 0.3) is 0 Å². The second kappa shape index (κ2) is 8.93. The van der Waals surface area contributed by atoms with E-state index < -0.39 is 0 Å². The monoisotopic (exact) mass is 404 g/mol. The number of hydrogen-bond acceptors (Lipinski definition) is 5. The van der Waals surface area contributed by atoms with Crippen molar-refractivity contribution in [1.82, 2.24) is 4.90 Å². The number of hydrogen-bond donors (Lipinski definition) is 1. The summed E-state index contributed by atoms with van der Waals surface area (Å²) in [6, 6.07) is 8.79. The summed E-state index contributed by atoms with van der Waals surface area (Å²) >= 11 is 0. The Morgan fingerprint density at radius 2 is 1.71 bits per heavy atom. The molecule has 0 fully saturated rings. The van der Waals surface area contributed by atoms with Gasteiger partial charge in [-0.2, -0.15) is 0 Å². The molecule has 2 aromatic carbocycles. The highest BCUT2D eigenvalue weighted by molar-refractivity contribution is 5.85. The number of benzene rings is 2. The van der Waals surface area contributed by atoms with Crippen LogP contribution in [0.3, 0.4) is 0 Å². The molecule has 0 radical (unpaired) electrons. The first-order valence-electron chi connectivity index (χ1n) is 9.62. The van der Waals surface area contributed by atoms with E-state index in [2.05, 4.69) is 34.5 Å². The zero-order chi connectivity index (χ0) is 18.8. The third-order valence-electron chi connectivity index (χ3n) is 5.73. The molecule has 2 aliphatic heterocycles. The Bertz CT molecular complexity index is 841. The topological polar surface area (TPSA) is 43.0 Å². The normalized spacial score (nSPS) is 15.5. The van der Waals surface area contributed by atoms with Crippen molar-refractivity contribution in [2.75, 3.05) is 46.3 Å². The van der Waals surface area contributed by atoms with Gasteiger partial charge < -0.3 is 19.5 Å². The fourth-order valence-corrected chi connectivity index (χ4v) is 4.37. The van der Waals surface area contributed by atoms with Crippen LogP contribution in [-0.4, -0.2) is 45.9 Å². The lowest BCUT2D eigenvalue weighted by atomic mass is 10.0. The third kappa shape index (κ3) is 3.74. The van der Waals surface area contributed by atoms with E-state index in [4.69, 9.17) is 14.2 Å². The number of para-hydroxylation sites is 1. The summed E-state index contributed by atoms with van der Waals surface area (Å²) in [4.78, 5) is 2.54. The second-order valence-electron chi connectivity index (χ2n) is 7.19. The van der Waals surface area contributed by atoms with Crippen LogP contribution in [0.1, 0.15) is 22.3 Å². The molecule has 0 saturated carbocycles. The standard InChI is InChI=1S/C22H28N2O3.ClH/c1-25-19-13-16-8-11-24(12-9-18(16)21(26-2)22(19)27-3)14-17-6-4-5-15-7-10-23-20(15)17;/h4-6,13,23H,7-12,14H2,1-3H3;1H. The molecular formula is C22H29ClN2O3. The molecule has 2 aromatic rings. The fourth-order valence-electron chi connectivity index (χ4n) is 4.37. The third-order valence-corrected chi connectivity index (χ3v) is 5.73. The van der Waals surface area contributed by atoms with Gasteiger partial charge in [0.05, 0.1) is 21.3 Å². The quantitative estimate of drug-likeness (QED) is 0.823. The van der Waals surface area contributed by atoms with E-state index in [1.54, 1.807) is 21.3 Å². The number of ether oxygens (including phenoxy) is 3. The summed E-state index contributed by atoms with van der Waals surface area (Å²) < 4.78 is 16.8. The molecule has 2 aliphatic rings. The highest BCUT2D eigenvalue weighted by Gasteiger charge is 2.24. The fraction of sp³-hybridized carbons (Fsp3) is 0.455. The van der Waals surface area contributed by atoms with Gasteiger partial charge in [-0.25, -0.2) is 0 Å². The van der Waals surface area contributed by atoms with Crippen LogP contribution in [0.15, 0.2) is 24.3 Å². The van der Waals surface area contributed by atoms with Crippen molar-refractivity contribution in [2.45, 2.75) is 25.8 Å². The maximum Gasteiger partial charge on any atom is 0.203 e. The van der Waals surface area contributed by atoms with Crippen LogP contribution in [0, 0.1) is 0 Å². The summed E-state index contributed by atoms with van der Waals surface area (Å²) in [6.45, 7) is 4.05. The molecule has 152 valence electrons. The molecule has 6 heteroatoms. The molecule has 0 saturated heterocycles. The molecular weight excluding hydrogens is 376 g/mol. The molecule has 2 heterocycles. The molecule has 5 nitrogen and oxygen atoms in total. The highest BCUT2D eigenvalue weighted by Crippen LogP contribution is 2.43. The van der Waals surface area contributed by atoms with Crippen molar-refractivity contribution in [2.24, 2.45) is 0 Å². The van der Waals surface area contributed by atoms with Gasteiger partial charge in [-0.3, -0.25) is 4.90 Å². The maximum atomic E-state index is 5.71. The molecule has 28 heavy (non-hydrogen) atoms. The molecule has 1 N–H and O–H groups in total. The Balaban J connectivity index is 0.00000225. The first kappa shape index (κ1) is 20.6. The number of methoxy groups -OCH3 is 3. The average Bonchev–Trinajstić information content (AvgIpc) is 3.10. The lowest BCUT2D eigenvalue weighted by Gasteiger charge is -2.21. The van der Waals surface area contributed by atoms with Crippen molar-refractivity contribution >= 4 is 18.1 Å². The van der Waals surface area contributed by atoms with E-state index in [1.165, 1.54) is 27.9 Å². The van der Waals surface area contributed by atoms with Crippen molar-refractivity contribution in [3.8, 4) is 17.2 Å². The predicted molar refractivity (Wildman–Crippen MR) is 115 cm³/mol. The smallest absolute Gasteiger partial charge is 0.203 e. The Morgan fingerprint density at radius 1 is 0.929 bits per heavy atom. The number of rotatable bonds is 5. The minimum Gasteiger partial charge on any atom is -0.493 e. The van der Waals surface area contributed by atoms with Crippen molar-refractivity contribution < 1.29 is 14.2 Å². The van der Waals surface area contributed by atoms with E-state index in [9.17, 15) is 0 Å². The Labute approximate surface area is 173 Å². The summed E-state index contributed by atoms with van der Waals surface area (Å²) in [5.41, 5.74) is 6.73. The molecule has 0 aromatic heterocycles. The first-order valence-corrected chi connectivity index (χ1v) is 9.62. The molecule has 0 aliphatic carbocycles. The molecule has 4 rings (SSSR count). The molecule has 0 spiro atoms. The molecule has 0 atom stereocenters. The molecule has 0 bridgehead atoms. The van der Waals surface area contributed by atoms with E-state index in [0.29, 0.717) is 5.75 Å². The minimum absolute atomic E-state index is 0. The number of nitrogens with one attached hydrogen (secondary N) is 1. The van der Waals surface area contributed by atoms with Gasteiger partial charge in [0.1, 0.15) is 0 Å². The summed E-state index contributed by atoms with van der Waals surface area (Å²) in [5, 5.41) is 3.56. The van der Waals surface area contributed by atoms with Crippen LogP contribution in [0.5, 0.6) is 17.2 Å². The summed E-state index contributed by atoms with van der Waals surface area (Å²) in [7, 11) is 5.05. The minimum atomic E-state index is 0. The van der Waals surface area contributed by atoms with Gasteiger partial charge in [0.15, 0.2) is 11.5 Å². The highest BCUT2D eigenvalue weighted by atomic mass is 35.5. The van der Waals surface area contributed by atoms with Crippen LogP contribution in [0.4, 0.5) is 5.69 Å². The number of anilines is 1. The van der Waals surface area contributed by atoms with Gasteiger partial charge in [0.2, 0.25) is 5.75 Å². The van der Waals surface area contributed by atoms with Gasteiger partial charge in [-0.1, -0.05) is 18.2 Å². The number of halogens is 1. The van der Waals surface area contributed by atoms with Crippen LogP contribution >= 0.6 is 12.4 Å². The maximum absolute atomic E-state index is 5.71. The van der Waals surface area contributed by atoms with E-state index in [-0.39, 0.29) is 12.4 Å². The average molecular weight is 405 g/mol. The predicted octanol–water partition coefficient (Wildman–Crippen LogP) is 3.70. The first-order chi connectivity index (χ1) is 13.2. The zero-order valence-electron chi connectivity index (χ0n) is 16.8. The second-order valence-corrected chi connectivity index (χ2v) is 7.19. The van der Waals surface area contributed by atoms with Crippen LogP contribution < -0.4 is 19.5 Å². The van der Waals surface area contributed by atoms with Crippen molar-refractivity contribution in [3.63, 3.8) is 0 Å². The van der Waals surface area contributed by atoms with E-state index in [1.807, 2.05) is 0 Å². The van der Waals surface area contributed by atoms with E-state index in [0.717, 1.165) is 56.9 Å². The van der Waals surface area contributed by atoms with Gasteiger partial charge >= 0.3 is 0 Å². The van der Waals surface area contributed by atoms with Crippen LogP contribution in [0.2, 0.25) is 0 Å². The Morgan fingerprint density at radius 3 is 2.46 bits per heavy atom. The van der Waals surface area contributed by atoms with Gasteiger partial charge in [-0.05, 0) is 42.0 Å². The van der Waals surface area contributed by atoms with Crippen molar-refractivity contribution in [3.05, 3.63) is 46.5 Å². The van der Waals surface area contributed by atoms with Gasteiger partial charge in [0, 0.05) is 37.4 Å². The van der Waals surface area contributed by atoms with Crippen LogP contribution in [-0.2, 0) is 25.8 Å². The Hall–Kier alpha value is -2.11. The lowest BCUT2D eigenvalue weighted by Crippen LogP contribution is -2.26. The summed E-state index contributed by atoms with van der Waals surface area (Å²) in [5.74, 6) is 2.25. The molecule has 0 unspecified atom stereocenters. The van der Waals surface area contributed by atoms with Gasteiger partial charge in [-0.15, -0.1) is 12.4 Å². The molecule has 0 amide bonds. The summed E-state index contributed by atoms with van der Waals surface area (Å²) in [6.07, 6.45) is 3.06. The SMILES string of the molecule is COc1cc2c(c(OC)c1OC)CCN(Cc1cccc3c1NCC3)CC2.Cl.